The molecule has 1 aliphatic heterocycles. The second-order valence-electron chi connectivity index (χ2n) is 5.37. The van der Waals surface area contributed by atoms with Crippen LogP contribution in [0.5, 0.6) is 0 Å². The van der Waals surface area contributed by atoms with Crippen LogP contribution in [-0.2, 0) is 0 Å². The minimum absolute atomic E-state index is 0.538. The molecule has 1 aliphatic carbocycles. The third-order valence-electron chi connectivity index (χ3n) is 4.01. The number of hydrogen-bond donors (Lipinski definition) is 1. The molecule has 15 heavy (non-hydrogen) atoms. The van der Waals surface area contributed by atoms with Crippen molar-refractivity contribution in [3.05, 3.63) is 0 Å². The molecule has 3 heteroatoms. The second kappa shape index (κ2) is 4.03. The smallest absolute Gasteiger partial charge is 0.191 e. The maximum atomic E-state index is 6.00. The van der Waals surface area contributed by atoms with Crippen LogP contribution < -0.4 is 5.73 Å². The summed E-state index contributed by atoms with van der Waals surface area (Å²) < 4.78 is 0. The number of likely N-dealkylation sites (tertiary alicyclic amines) is 1. The summed E-state index contributed by atoms with van der Waals surface area (Å²) in [5.41, 5.74) is 6.53. The van der Waals surface area contributed by atoms with Gasteiger partial charge in [-0.25, -0.2) is 4.99 Å². The molecule has 0 spiro atoms. The lowest BCUT2D eigenvalue weighted by Crippen LogP contribution is -2.45. The molecule has 0 bridgehead atoms. The Bertz CT molecular complexity index is 248. The molecule has 0 aromatic heterocycles. The topological polar surface area (TPSA) is 41.6 Å². The first-order valence-corrected chi connectivity index (χ1v) is 6.21. The first-order chi connectivity index (χ1) is 7.13. The summed E-state index contributed by atoms with van der Waals surface area (Å²) in [6, 6.07) is 0.546. The molecule has 0 aromatic rings. The van der Waals surface area contributed by atoms with E-state index < -0.39 is 0 Å². The molecule has 86 valence electrons. The van der Waals surface area contributed by atoms with Crippen molar-refractivity contribution in [1.29, 1.82) is 0 Å². The predicted molar refractivity (Wildman–Crippen MR) is 63.8 cm³/mol. The third kappa shape index (κ3) is 2.64. The van der Waals surface area contributed by atoms with Crippen LogP contribution >= 0.6 is 0 Å². The van der Waals surface area contributed by atoms with E-state index in [-0.39, 0.29) is 0 Å². The molecule has 2 fully saturated rings. The van der Waals surface area contributed by atoms with Crippen LogP contribution in [0.4, 0.5) is 0 Å². The van der Waals surface area contributed by atoms with Crippen LogP contribution in [0.25, 0.3) is 0 Å². The monoisotopic (exact) mass is 209 g/mol. The van der Waals surface area contributed by atoms with Gasteiger partial charge in [-0.05, 0) is 31.1 Å². The normalized spacial score (nSPS) is 26.8. The standard InChI is InChI=1S/C12H23N3/c1-3-12(2)6-8-15(9-7-12)11(13)14-10-4-5-10/h10H,3-9H2,1-2H3,(H2,13,14). The molecule has 0 atom stereocenters. The maximum absolute atomic E-state index is 6.00. The SMILES string of the molecule is CCC1(C)CCN(C(N)=NC2CC2)CC1. The van der Waals surface area contributed by atoms with E-state index in [1.807, 2.05) is 0 Å². The van der Waals surface area contributed by atoms with Gasteiger partial charge in [0.15, 0.2) is 5.96 Å². The quantitative estimate of drug-likeness (QED) is 0.558. The molecule has 2 N–H and O–H groups in total. The summed E-state index contributed by atoms with van der Waals surface area (Å²) in [6.07, 6.45) is 6.26. The zero-order valence-electron chi connectivity index (χ0n) is 10.00. The van der Waals surface area contributed by atoms with E-state index in [0.29, 0.717) is 11.5 Å². The highest BCUT2D eigenvalue weighted by Gasteiger charge is 2.29. The molecule has 0 radical (unpaired) electrons. The molecule has 2 aliphatic rings. The summed E-state index contributed by atoms with van der Waals surface area (Å²) in [4.78, 5) is 6.77. The Morgan fingerprint density at radius 1 is 1.40 bits per heavy atom. The minimum atomic E-state index is 0.538. The highest BCUT2D eigenvalue weighted by molar-refractivity contribution is 5.78. The number of piperidine rings is 1. The largest absolute Gasteiger partial charge is 0.370 e. The second-order valence-corrected chi connectivity index (χ2v) is 5.37. The summed E-state index contributed by atoms with van der Waals surface area (Å²) in [6.45, 7) is 6.86. The van der Waals surface area contributed by atoms with Gasteiger partial charge in [-0.2, -0.15) is 0 Å². The van der Waals surface area contributed by atoms with Crippen molar-refractivity contribution in [1.82, 2.24) is 4.90 Å². The molecule has 1 heterocycles. The zero-order valence-corrected chi connectivity index (χ0v) is 10.00. The van der Waals surface area contributed by atoms with Gasteiger partial charge in [0.1, 0.15) is 0 Å². The van der Waals surface area contributed by atoms with E-state index in [2.05, 4.69) is 23.7 Å². The van der Waals surface area contributed by atoms with Gasteiger partial charge in [-0.15, -0.1) is 0 Å². The van der Waals surface area contributed by atoms with Gasteiger partial charge in [0.2, 0.25) is 0 Å². The van der Waals surface area contributed by atoms with Gasteiger partial charge < -0.3 is 10.6 Å². The van der Waals surface area contributed by atoms with Gasteiger partial charge in [0.05, 0.1) is 6.04 Å². The minimum Gasteiger partial charge on any atom is -0.370 e. The first-order valence-electron chi connectivity index (χ1n) is 6.21. The number of guanidine groups is 1. The molecular formula is C12H23N3. The Kier molecular flexibility index (Phi) is 2.89. The van der Waals surface area contributed by atoms with Crippen molar-refractivity contribution in [3.63, 3.8) is 0 Å². The summed E-state index contributed by atoms with van der Waals surface area (Å²) >= 11 is 0. The molecule has 0 amide bonds. The fourth-order valence-electron chi connectivity index (χ4n) is 2.10. The van der Waals surface area contributed by atoms with E-state index >= 15 is 0 Å². The van der Waals surface area contributed by atoms with E-state index in [4.69, 9.17) is 5.73 Å². The average Bonchev–Trinajstić information content (AvgIpc) is 3.03. The van der Waals surface area contributed by atoms with Crippen molar-refractivity contribution < 1.29 is 0 Å². The summed E-state index contributed by atoms with van der Waals surface area (Å²) in [5, 5.41) is 0. The van der Waals surface area contributed by atoms with Crippen molar-refractivity contribution in [2.45, 2.75) is 52.0 Å². The van der Waals surface area contributed by atoms with E-state index in [0.717, 1.165) is 19.0 Å². The van der Waals surface area contributed by atoms with Gasteiger partial charge in [0, 0.05) is 13.1 Å². The highest BCUT2D eigenvalue weighted by atomic mass is 15.3. The van der Waals surface area contributed by atoms with Crippen LogP contribution in [-0.4, -0.2) is 30.0 Å². The van der Waals surface area contributed by atoms with Crippen LogP contribution in [0, 0.1) is 5.41 Å². The Morgan fingerprint density at radius 3 is 2.47 bits per heavy atom. The first kappa shape index (κ1) is 10.8. The van der Waals surface area contributed by atoms with E-state index in [1.165, 1.54) is 32.1 Å². The van der Waals surface area contributed by atoms with Crippen LogP contribution in [0.15, 0.2) is 4.99 Å². The van der Waals surface area contributed by atoms with Crippen molar-refractivity contribution >= 4 is 5.96 Å². The van der Waals surface area contributed by atoms with Gasteiger partial charge in [-0.3, -0.25) is 0 Å². The van der Waals surface area contributed by atoms with Gasteiger partial charge in [0.25, 0.3) is 0 Å². The lowest BCUT2D eigenvalue weighted by molar-refractivity contribution is 0.161. The Hall–Kier alpha value is -0.730. The highest BCUT2D eigenvalue weighted by Crippen LogP contribution is 2.34. The third-order valence-corrected chi connectivity index (χ3v) is 4.01. The average molecular weight is 209 g/mol. The Morgan fingerprint density at radius 2 is 2.00 bits per heavy atom. The van der Waals surface area contributed by atoms with Gasteiger partial charge in [-0.1, -0.05) is 20.3 Å². The fourth-order valence-corrected chi connectivity index (χ4v) is 2.10. The fraction of sp³-hybridized carbons (Fsp3) is 0.917. The molecular weight excluding hydrogens is 186 g/mol. The summed E-state index contributed by atoms with van der Waals surface area (Å²) in [5.74, 6) is 0.788. The van der Waals surface area contributed by atoms with Crippen molar-refractivity contribution in [3.8, 4) is 0 Å². The van der Waals surface area contributed by atoms with Crippen LogP contribution in [0.2, 0.25) is 0 Å². The molecule has 3 nitrogen and oxygen atoms in total. The van der Waals surface area contributed by atoms with E-state index in [9.17, 15) is 0 Å². The van der Waals surface area contributed by atoms with E-state index in [1.54, 1.807) is 0 Å². The lowest BCUT2D eigenvalue weighted by atomic mass is 9.78. The van der Waals surface area contributed by atoms with Crippen LogP contribution in [0.1, 0.15) is 46.0 Å². The summed E-state index contributed by atoms with van der Waals surface area (Å²) in [7, 11) is 0. The lowest BCUT2D eigenvalue weighted by Gasteiger charge is -2.39. The number of hydrogen-bond acceptors (Lipinski definition) is 1. The molecule has 1 saturated carbocycles. The Balaban J connectivity index is 1.87. The maximum Gasteiger partial charge on any atom is 0.191 e. The number of rotatable bonds is 2. The number of aliphatic imine (C=N–C) groups is 1. The van der Waals surface area contributed by atoms with Gasteiger partial charge >= 0.3 is 0 Å². The number of nitrogens with two attached hydrogens (primary N) is 1. The van der Waals surface area contributed by atoms with Crippen LogP contribution in [0.3, 0.4) is 0 Å². The molecule has 0 aromatic carbocycles. The molecule has 0 unspecified atom stereocenters. The predicted octanol–water partition coefficient (Wildman–Crippen LogP) is 1.98. The number of nitrogens with zero attached hydrogens (tertiary/aromatic N) is 2. The van der Waals surface area contributed by atoms with Crippen molar-refractivity contribution in [2.24, 2.45) is 16.1 Å². The molecule has 1 saturated heterocycles. The van der Waals surface area contributed by atoms with Crippen molar-refractivity contribution in [2.75, 3.05) is 13.1 Å². The molecule has 2 rings (SSSR count). The Labute approximate surface area is 92.7 Å². The zero-order chi connectivity index (χ0) is 10.9.